The van der Waals surface area contributed by atoms with E-state index in [1.54, 1.807) is 6.07 Å². The summed E-state index contributed by atoms with van der Waals surface area (Å²) in [4.78, 5) is 24.8. The van der Waals surface area contributed by atoms with Crippen LogP contribution in [0, 0.1) is 23.7 Å². The molecule has 1 aromatic rings. The van der Waals surface area contributed by atoms with Crippen LogP contribution in [0.5, 0.6) is 0 Å². The zero-order chi connectivity index (χ0) is 20.0. The van der Waals surface area contributed by atoms with Gasteiger partial charge in [-0.15, -0.1) is 0 Å². The molecule has 5 nitrogen and oxygen atoms in total. The third kappa shape index (κ3) is 5.94. The van der Waals surface area contributed by atoms with Gasteiger partial charge >= 0.3 is 0 Å². The molecule has 0 heterocycles. The van der Waals surface area contributed by atoms with Gasteiger partial charge in [-0.2, -0.15) is 0 Å². The highest BCUT2D eigenvalue weighted by atomic mass is 35.5. The van der Waals surface area contributed by atoms with Gasteiger partial charge < -0.3 is 16.4 Å². The minimum absolute atomic E-state index is 0.0193. The van der Waals surface area contributed by atoms with Crippen LogP contribution >= 0.6 is 11.6 Å². The summed E-state index contributed by atoms with van der Waals surface area (Å²) >= 11 is 6.30. The molecular formula is C21H32ClN3O2. The number of halogens is 1. The van der Waals surface area contributed by atoms with Crippen LogP contribution in [0.3, 0.4) is 0 Å². The van der Waals surface area contributed by atoms with Crippen molar-refractivity contribution in [2.45, 2.75) is 46.1 Å². The molecule has 0 bridgehead atoms. The molecule has 27 heavy (non-hydrogen) atoms. The minimum atomic E-state index is -0.405. The van der Waals surface area contributed by atoms with E-state index in [1.807, 2.05) is 18.2 Å². The maximum Gasteiger partial charge on any atom is 0.234 e. The zero-order valence-corrected chi connectivity index (χ0v) is 17.3. The molecule has 0 saturated heterocycles. The molecule has 1 saturated carbocycles. The summed E-state index contributed by atoms with van der Waals surface area (Å²) in [5.41, 5.74) is 6.22. The van der Waals surface area contributed by atoms with Crippen molar-refractivity contribution in [3.8, 4) is 0 Å². The van der Waals surface area contributed by atoms with Gasteiger partial charge in [-0.3, -0.25) is 9.59 Å². The second-order valence-corrected chi connectivity index (χ2v) is 8.43. The Balaban J connectivity index is 2.09. The van der Waals surface area contributed by atoms with Crippen LogP contribution in [0.4, 0.5) is 0 Å². The summed E-state index contributed by atoms with van der Waals surface area (Å²) in [6.07, 6.45) is 3.19. The van der Waals surface area contributed by atoms with E-state index >= 15 is 0 Å². The van der Waals surface area contributed by atoms with Gasteiger partial charge in [-0.1, -0.05) is 57.0 Å². The van der Waals surface area contributed by atoms with Crippen LogP contribution in [0.15, 0.2) is 24.3 Å². The average molecular weight is 394 g/mol. The summed E-state index contributed by atoms with van der Waals surface area (Å²) in [5, 5.41) is 6.48. The smallest absolute Gasteiger partial charge is 0.234 e. The van der Waals surface area contributed by atoms with Crippen LogP contribution in [-0.2, 0) is 9.59 Å². The van der Waals surface area contributed by atoms with Crippen LogP contribution in [0.2, 0.25) is 5.02 Å². The molecule has 1 fully saturated rings. The molecular weight excluding hydrogens is 362 g/mol. The van der Waals surface area contributed by atoms with Crippen LogP contribution in [0.25, 0.3) is 0 Å². The van der Waals surface area contributed by atoms with Gasteiger partial charge in [0.05, 0.1) is 12.6 Å². The van der Waals surface area contributed by atoms with Crippen molar-refractivity contribution in [2.75, 3.05) is 13.1 Å². The molecule has 6 heteroatoms. The average Bonchev–Trinajstić information content (AvgIpc) is 2.64. The SMILES string of the molecule is CC(C)[C@@H]1CC[C@@H](C)C[C@H]1C(=O)NCC(NC(=O)CN)c1ccccc1Cl. The quantitative estimate of drug-likeness (QED) is 0.664. The maximum absolute atomic E-state index is 13.0. The Morgan fingerprint density at radius 3 is 2.59 bits per heavy atom. The normalized spacial score (nSPS) is 23.7. The highest BCUT2D eigenvalue weighted by Gasteiger charge is 2.35. The van der Waals surface area contributed by atoms with Gasteiger partial charge in [-0.25, -0.2) is 0 Å². The van der Waals surface area contributed by atoms with E-state index in [1.165, 1.54) is 6.42 Å². The summed E-state index contributed by atoms with van der Waals surface area (Å²) in [6, 6.07) is 6.93. The first-order chi connectivity index (χ1) is 12.8. The third-order valence-corrected chi connectivity index (χ3v) is 5.98. The van der Waals surface area contributed by atoms with Gasteiger partial charge in [0.2, 0.25) is 11.8 Å². The Bertz CT molecular complexity index is 650. The van der Waals surface area contributed by atoms with E-state index in [0.29, 0.717) is 29.3 Å². The molecule has 4 N–H and O–H groups in total. The van der Waals surface area contributed by atoms with Crippen molar-refractivity contribution in [1.82, 2.24) is 10.6 Å². The van der Waals surface area contributed by atoms with Crippen LogP contribution in [-0.4, -0.2) is 24.9 Å². The topological polar surface area (TPSA) is 84.2 Å². The predicted octanol–water partition coefficient (Wildman–Crippen LogP) is 3.28. The standard InChI is InChI=1S/C21H32ClN3O2/c1-13(2)15-9-8-14(3)10-17(15)21(27)24-12-19(25-20(26)11-23)16-6-4-5-7-18(16)22/h4-7,13-15,17,19H,8-12,23H2,1-3H3,(H,24,27)(H,25,26)/t14-,15+,17-,19?/m1/s1. The number of carbonyl (C=O) groups is 2. The van der Waals surface area contributed by atoms with E-state index in [0.717, 1.165) is 18.4 Å². The Labute approximate surface area is 167 Å². The number of rotatable bonds is 7. The van der Waals surface area contributed by atoms with Crippen molar-refractivity contribution in [3.63, 3.8) is 0 Å². The van der Waals surface area contributed by atoms with Gasteiger partial charge in [-0.05, 0) is 42.2 Å². The lowest BCUT2D eigenvalue weighted by atomic mass is 9.70. The first-order valence-electron chi connectivity index (χ1n) is 9.85. The van der Waals surface area contributed by atoms with Gasteiger partial charge in [0.15, 0.2) is 0 Å². The van der Waals surface area contributed by atoms with E-state index in [4.69, 9.17) is 17.3 Å². The summed E-state index contributed by atoms with van der Waals surface area (Å²) < 4.78 is 0. The molecule has 150 valence electrons. The second kappa shape index (κ2) is 10.1. The Kier molecular flexibility index (Phi) is 8.11. The lowest BCUT2D eigenvalue weighted by molar-refractivity contribution is -0.129. The number of carbonyl (C=O) groups excluding carboxylic acids is 2. The zero-order valence-electron chi connectivity index (χ0n) is 16.5. The fourth-order valence-corrected chi connectivity index (χ4v) is 4.35. The number of benzene rings is 1. The van der Waals surface area contributed by atoms with E-state index in [2.05, 4.69) is 31.4 Å². The molecule has 4 atom stereocenters. The number of nitrogens with two attached hydrogens (primary N) is 1. The molecule has 1 aliphatic carbocycles. The number of hydrogen-bond donors (Lipinski definition) is 3. The minimum Gasteiger partial charge on any atom is -0.353 e. The lowest BCUT2D eigenvalue weighted by Gasteiger charge is -2.36. The summed E-state index contributed by atoms with van der Waals surface area (Å²) in [5.74, 6) is 1.25. The molecule has 1 aliphatic rings. The first-order valence-corrected chi connectivity index (χ1v) is 10.2. The Morgan fingerprint density at radius 1 is 1.26 bits per heavy atom. The monoisotopic (exact) mass is 393 g/mol. The number of amides is 2. The fourth-order valence-electron chi connectivity index (χ4n) is 4.09. The molecule has 2 rings (SSSR count). The summed E-state index contributed by atoms with van der Waals surface area (Å²) in [6.45, 7) is 6.78. The Hall–Kier alpha value is -1.59. The first kappa shape index (κ1) is 21.7. The van der Waals surface area contributed by atoms with E-state index < -0.39 is 6.04 Å². The van der Waals surface area contributed by atoms with Crippen molar-refractivity contribution in [2.24, 2.45) is 29.4 Å². The van der Waals surface area contributed by atoms with Crippen molar-refractivity contribution in [3.05, 3.63) is 34.9 Å². The molecule has 2 amide bonds. The second-order valence-electron chi connectivity index (χ2n) is 8.02. The predicted molar refractivity (Wildman–Crippen MR) is 109 cm³/mol. The summed E-state index contributed by atoms with van der Waals surface area (Å²) in [7, 11) is 0. The van der Waals surface area contributed by atoms with Crippen molar-refractivity contribution < 1.29 is 9.59 Å². The number of hydrogen-bond acceptors (Lipinski definition) is 3. The molecule has 1 unspecified atom stereocenters. The molecule has 0 spiro atoms. The van der Waals surface area contributed by atoms with Gasteiger partial charge in [0.25, 0.3) is 0 Å². The van der Waals surface area contributed by atoms with Crippen molar-refractivity contribution in [1.29, 1.82) is 0 Å². The molecule has 1 aromatic carbocycles. The fraction of sp³-hybridized carbons (Fsp3) is 0.619. The maximum atomic E-state index is 13.0. The third-order valence-electron chi connectivity index (χ3n) is 5.64. The number of nitrogens with one attached hydrogen (secondary N) is 2. The highest BCUT2D eigenvalue weighted by Crippen LogP contribution is 2.38. The Morgan fingerprint density at radius 2 is 1.96 bits per heavy atom. The van der Waals surface area contributed by atoms with Gasteiger partial charge in [0, 0.05) is 17.5 Å². The van der Waals surface area contributed by atoms with Crippen LogP contribution < -0.4 is 16.4 Å². The van der Waals surface area contributed by atoms with Gasteiger partial charge in [0.1, 0.15) is 0 Å². The van der Waals surface area contributed by atoms with E-state index in [9.17, 15) is 9.59 Å². The highest BCUT2D eigenvalue weighted by molar-refractivity contribution is 6.31. The molecule has 0 aromatic heterocycles. The van der Waals surface area contributed by atoms with Crippen LogP contribution in [0.1, 0.15) is 51.6 Å². The largest absolute Gasteiger partial charge is 0.353 e. The van der Waals surface area contributed by atoms with E-state index in [-0.39, 0.29) is 24.3 Å². The lowest BCUT2D eigenvalue weighted by Crippen LogP contribution is -2.44. The molecule has 0 radical (unpaired) electrons. The molecule has 0 aliphatic heterocycles. The van der Waals surface area contributed by atoms with Crippen molar-refractivity contribution >= 4 is 23.4 Å².